The third-order valence-electron chi connectivity index (χ3n) is 3.66. The van der Waals surface area contributed by atoms with Crippen LogP contribution in [0.2, 0.25) is 0 Å². The first-order valence-electron chi connectivity index (χ1n) is 7.94. The number of anilines is 1. The van der Waals surface area contributed by atoms with E-state index in [0.29, 0.717) is 0 Å². The van der Waals surface area contributed by atoms with Crippen LogP contribution in [0, 0.1) is 0 Å². The summed E-state index contributed by atoms with van der Waals surface area (Å²) in [5.74, 6) is 0.830. The van der Waals surface area contributed by atoms with Crippen molar-refractivity contribution in [2.45, 2.75) is 13.0 Å². The number of hydrogen-bond acceptors (Lipinski definition) is 2. The van der Waals surface area contributed by atoms with Gasteiger partial charge in [-0.2, -0.15) is 0 Å². The minimum absolute atomic E-state index is 0.757. The van der Waals surface area contributed by atoms with Gasteiger partial charge >= 0.3 is 0 Å². The van der Waals surface area contributed by atoms with Crippen molar-refractivity contribution < 1.29 is 0 Å². The molecule has 2 rings (SSSR count). The fourth-order valence-corrected chi connectivity index (χ4v) is 2.32. The molecule has 2 aromatic carbocycles. The van der Waals surface area contributed by atoms with E-state index >= 15 is 0 Å². The molecule has 0 saturated heterocycles. The van der Waals surface area contributed by atoms with Crippen molar-refractivity contribution in [1.29, 1.82) is 0 Å². The Balaban J connectivity index is 1.80. The van der Waals surface area contributed by atoms with Crippen LogP contribution in [0.1, 0.15) is 11.1 Å². The fraction of sp³-hybridized carbons (Fsp3) is 0.316. The van der Waals surface area contributed by atoms with Crippen LogP contribution in [0.5, 0.6) is 0 Å². The summed E-state index contributed by atoms with van der Waals surface area (Å²) in [6.07, 6.45) is 0.984. The third-order valence-corrected chi connectivity index (χ3v) is 3.66. The molecule has 0 amide bonds. The molecule has 2 N–H and O–H groups in total. The molecule has 0 atom stereocenters. The molecular weight excluding hydrogens is 284 g/mol. The van der Waals surface area contributed by atoms with E-state index in [-0.39, 0.29) is 0 Å². The number of nitrogens with one attached hydrogen (secondary N) is 2. The average Bonchev–Trinajstić information content (AvgIpc) is 2.59. The van der Waals surface area contributed by atoms with Gasteiger partial charge in [-0.15, -0.1) is 0 Å². The lowest BCUT2D eigenvalue weighted by atomic mass is 10.1. The highest BCUT2D eigenvalue weighted by atomic mass is 15.2. The van der Waals surface area contributed by atoms with E-state index in [4.69, 9.17) is 0 Å². The van der Waals surface area contributed by atoms with Crippen LogP contribution in [0.25, 0.3) is 0 Å². The lowest BCUT2D eigenvalue weighted by Crippen LogP contribution is -2.37. The molecule has 0 aliphatic rings. The van der Waals surface area contributed by atoms with Crippen molar-refractivity contribution in [1.82, 2.24) is 10.6 Å². The molecule has 0 fully saturated rings. The molecule has 0 unspecified atom stereocenters. The van der Waals surface area contributed by atoms with Gasteiger partial charge in [0.1, 0.15) is 0 Å². The van der Waals surface area contributed by atoms with Gasteiger partial charge in [0, 0.05) is 39.9 Å². The Morgan fingerprint density at radius 1 is 0.957 bits per heavy atom. The summed E-state index contributed by atoms with van der Waals surface area (Å²) in [4.78, 5) is 6.38. The number of rotatable bonds is 6. The van der Waals surface area contributed by atoms with Crippen LogP contribution in [0.3, 0.4) is 0 Å². The summed E-state index contributed by atoms with van der Waals surface area (Å²) in [5.41, 5.74) is 3.77. The van der Waals surface area contributed by atoms with Crippen LogP contribution < -0.4 is 15.5 Å². The molecule has 0 bridgehead atoms. The third kappa shape index (κ3) is 5.66. The summed E-state index contributed by atoms with van der Waals surface area (Å²) < 4.78 is 0. The topological polar surface area (TPSA) is 39.7 Å². The predicted molar refractivity (Wildman–Crippen MR) is 99.1 cm³/mol. The Hall–Kier alpha value is -2.49. The van der Waals surface area contributed by atoms with E-state index in [1.807, 2.05) is 6.07 Å². The lowest BCUT2D eigenvalue weighted by molar-refractivity contribution is 0.794. The second kappa shape index (κ2) is 8.83. The Kier molecular flexibility index (Phi) is 6.48. The summed E-state index contributed by atoms with van der Waals surface area (Å²) in [5, 5.41) is 6.71. The van der Waals surface area contributed by atoms with E-state index < -0.39 is 0 Å². The Labute approximate surface area is 139 Å². The van der Waals surface area contributed by atoms with Gasteiger partial charge in [0.2, 0.25) is 0 Å². The second-order valence-corrected chi connectivity index (χ2v) is 5.65. The van der Waals surface area contributed by atoms with Gasteiger partial charge < -0.3 is 15.5 Å². The van der Waals surface area contributed by atoms with Gasteiger partial charge in [-0.25, -0.2) is 0 Å². The predicted octanol–water partition coefficient (Wildman–Crippen LogP) is 2.66. The van der Waals surface area contributed by atoms with E-state index in [1.54, 1.807) is 7.05 Å². The molecule has 0 aromatic heterocycles. The standard InChI is InChI=1S/C19H26N4/c1-20-19(21-13-12-16-8-5-4-6-9-16)22-15-17-10-7-11-18(14-17)23(2)3/h4-11,14H,12-13,15H2,1-3H3,(H2,20,21,22). The highest BCUT2D eigenvalue weighted by Crippen LogP contribution is 2.12. The van der Waals surface area contributed by atoms with Crippen LogP contribution in [-0.2, 0) is 13.0 Å². The zero-order valence-corrected chi connectivity index (χ0v) is 14.2. The molecule has 0 aliphatic heterocycles. The molecule has 23 heavy (non-hydrogen) atoms. The van der Waals surface area contributed by atoms with Gasteiger partial charge in [0.15, 0.2) is 5.96 Å². The normalized spacial score (nSPS) is 11.2. The number of hydrogen-bond donors (Lipinski definition) is 2. The summed E-state index contributed by atoms with van der Waals surface area (Å²) >= 11 is 0. The minimum atomic E-state index is 0.757. The number of nitrogens with zero attached hydrogens (tertiary/aromatic N) is 2. The molecule has 0 spiro atoms. The Morgan fingerprint density at radius 3 is 2.39 bits per heavy atom. The second-order valence-electron chi connectivity index (χ2n) is 5.65. The molecule has 0 radical (unpaired) electrons. The van der Waals surface area contributed by atoms with Crippen LogP contribution in [0.4, 0.5) is 5.69 Å². The van der Waals surface area contributed by atoms with E-state index in [9.17, 15) is 0 Å². The molecule has 4 heteroatoms. The van der Waals surface area contributed by atoms with Crippen molar-refractivity contribution in [2.24, 2.45) is 4.99 Å². The molecule has 0 heterocycles. The van der Waals surface area contributed by atoms with E-state index in [0.717, 1.165) is 25.5 Å². The first-order valence-corrected chi connectivity index (χ1v) is 7.94. The maximum Gasteiger partial charge on any atom is 0.191 e. The molecule has 0 saturated carbocycles. The largest absolute Gasteiger partial charge is 0.378 e. The van der Waals surface area contributed by atoms with E-state index in [1.165, 1.54) is 16.8 Å². The maximum atomic E-state index is 4.28. The van der Waals surface area contributed by atoms with Crippen LogP contribution >= 0.6 is 0 Å². The summed E-state index contributed by atoms with van der Waals surface area (Å²) in [7, 11) is 5.90. The van der Waals surface area contributed by atoms with Crippen molar-refractivity contribution in [3.05, 3.63) is 65.7 Å². The van der Waals surface area contributed by atoms with Crippen molar-refractivity contribution >= 4 is 11.6 Å². The highest BCUT2D eigenvalue weighted by Gasteiger charge is 2.01. The van der Waals surface area contributed by atoms with Gasteiger partial charge in [-0.3, -0.25) is 4.99 Å². The monoisotopic (exact) mass is 310 g/mol. The molecule has 0 aliphatic carbocycles. The first-order chi connectivity index (χ1) is 11.2. The van der Waals surface area contributed by atoms with E-state index in [2.05, 4.69) is 83.2 Å². The van der Waals surface area contributed by atoms with Crippen molar-refractivity contribution in [2.75, 3.05) is 32.6 Å². The van der Waals surface area contributed by atoms with Gasteiger partial charge in [-0.05, 0) is 29.7 Å². The van der Waals surface area contributed by atoms with Crippen LogP contribution in [-0.4, -0.2) is 33.6 Å². The number of guanidine groups is 1. The SMILES string of the molecule is CN=C(NCCc1ccccc1)NCc1cccc(N(C)C)c1. The van der Waals surface area contributed by atoms with Gasteiger partial charge in [0.25, 0.3) is 0 Å². The van der Waals surface area contributed by atoms with Crippen molar-refractivity contribution in [3.63, 3.8) is 0 Å². The molecule has 2 aromatic rings. The average molecular weight is 310 g/mol. The fourth-order valence-electron chi connectivity index (χ4n) is 2.32. The number of benzene rings is 2. The zero-order chi connectivity index (χ0) is 16.5. The molecule has 122 valence electrons. The molecular formula is C19H26N4. The minimum Gasteiger partial charge on any atom is -0.378 e. The Bertz CT molecular complexity index is 620. The lowest BCUT2D eigenvalue weighted by Gasteiger charge is -2.15. The highest BCUT2D eigenvalue weighted by molar-refractivity contribution is 5.79. The number of aliphatic imine (C=N–C) groups is 1. The smallest absolute Gasteiger partial charge is 0.191 e. The summed E-state index contributed by atoms with van der Waals surface area (Å²) in [6.45, 7) is 1.62. The quantitative estimate of drug-likeness (QED) is 0.636. The maximum absolute atomic E-state index is 4.28. The summed E-state index contributed by atoms with van der Waals surface area (Å²) in [6, 6.07) is 19.0. The van der Waals surface area contributed by atoms with Gasteiger partial charge in [-0.1, -0.05) is 42.5 Å². The van der Waals surface area contributed by atoms with Crippen molar-refractivity contribution in [3.8, 4) is 0 Å². The first kappa shape index (κ1) is 16.9. The van der Waals surface area contributed by atoms with Gasteiger partial charge in [0.05, 0.1) is 0 Å². The Morgan fingerprint density at radius 2 is 1.70 bits per heavy atom. The molecule has 4 nitrogen and oxygen atoms in total. The zero-order valence-electron chi connectivity index (χ0n) is 14.2. The van der Waals surface area contributed by atoms with Crippen LogP contribution in [0.15, 0.2) is 59.6 Å².